The fourth-order valence-electron chi connectivity index (χ4n) is 2.33. The summed E-state index contributed by atoms with van der Waals surface area (Å²) >= 11 is 0. The molecule has 1 atom stereocenters. The number of rotatable bonds is 3. The van der Waals surface area contributed by atoms with E-state index in [0.29, 0.717) is 11.6 Å². The van der Waals surface area contributed by atoms with E-state index in [1.54, 1.807) is 6.07 Å². The fraction of sp³-hybridized carbons (Fsp3) is 0.538. The van der Waals surface area contributed by atoms with Gasteiger partial charge in [0.1, 0.15) is 5.82 Å². The second kappa shape index (κ2) is 5.30. The highest BCUT2D eigenvalue weighted by molar-refractivity contribution is 5.46. The summed E-state index contributed by atoms with van der Waals surface area (Å²) < 4.78 is 13.5. The first-order valence-corrected chi connectivity index (χ1v) is 5.94. The van der Waals surface area contributed by atoms with Crippen molar-refractivity contribution in [2.45, 2.75) is 12.8 Å². The molecule has 0 bridgehead atoms. The van der Waals surface area contributed by atoms with Crippen LogP contribution in [0.5, 0.6) is 0 Å². The Balaban J connectivity index is 1.96. The van der Waals surface area contributed by atoms with Crippen LogP contribution in [0.3, 0.4) is 0 Å². The lowest BCUT2D eigenvalue weighted by Crippen LogP contribution is -2.37. The maximum absolute atomic E-state index is 13.5. The van der Waals surface area contributed by atoms with Crippen molar-refractivity contribution >= 4 is 5.69 Å². The van der Waals surface area contributed by atoms with Gasteiger partial charge >= 0.3 is 0 Å². The molecule has 16 heavy (non-hydrogen) atoms. The summed E-state index contributed by atoms with van der Waals surface area (Å²) in [5.41, 5.74) is 0.702. The Bertz CT molecular complexity index is 334. The van der Waals surface area contributed by atoms with E-state index in [0.717, 1.165) is 19.6 Å². The zero-order chi connectivity index (χ0) is 11.4. The molecule has 0 aliphatic carbocycles. The van der Waals surface area contributed by atoms with E-state index >= 15 is 0 Å². The van der Waals surface area contributed by atoms with Gasteiger partial charge in [0.05, 0.1) is 5.69 Å². The van der Waals surface area contributed by atoms with Crippen molar-refractivity contribution in [3.8, 4) is 0 Å². The SMILES string of the molecule is CN(CC1CCCNC1)c1ccccc1F. The summed E-state index contributed by atoms with van der Waals surface area (Å²) in [5, 5.41) is 3.39. The van der Waals surface area contributed by atoms with E-state index in [-0.39, 0.29) is 5.82 Å². The number of nitrogens with zero attached hydrogens (tertiary/aromatic N) is 1. The van der Waals surface area contributed by atoms with Crippen molar-refractivity contribution in [3.05, 3.63) is 30.1 Å². The fourth-order valence-corrected chi connectivity index (χ4v) is 2.33. The molecule has 1 aromatic rings. The molecule has 1 aromatic carbocycles. The third-order valence-electron chi connectivity index (χ3n) is 3.19. The highest BCUT2D eigenvalue weighted by Crippen LogP contribution is 2.20. The molecule has 0 spiro atoms. The molecule has 1 saturated heterocycles. The van der Waals surface area contributed by atoms with Gasteiger partial charge in [-0.15, -0.1) is 0 Å². The van der Waals surface area contributed by atoms with Crippen LogP contribution in [-0.4, -0.2) is 26.7 Å². The van der Waals surface area contributed by atoms with Crippen LogP contribution in [0.2, 0.25) is 0 Å². The number of anilines is 1. The molecule has 2 nitrogen and oxygen atoms in total. The van der Waals surface area contributed by atoms with Gasteiger partial charge in [-0.2, -0.15) is 0 Å². The minimum absolute atomic E-state index is 0.131. The summed E-state index contributed by atoms with van der Waals surface area (Å²) in [6.45, 7) is 3.10. The Hall–Kier alpha value is -1.09. The summed E-state index contributed by atoms with van der Waals surface area (Å²) in [6, 6.07) is 6.97. The van der Waals surface area contributed by atoms with Crippen LogP contribution in [0.25, 0.3) is 0 Å². The molecule has 1 unspecified atom stereocenters. The van der Waals surface area contributed by atoms with E-state index in [1.165, 1.54) is 18.9 Å². The van der Waals surface area contributed by atoms with Crippen LogP contribution >= 0.6 is 0 Å². The monoisotopic (exact) mass is 222 g/mol. The van der Waals surface area contributed by atoms with Gasteiger partial charge in [-0.25, -0.2) is 4.39 Å². The van der Waals surface area contributed by atoms with Gasteiger partial charge in [0, 0.05) is 13.6 Å². The lowest BCUT2D eigenvalue weighted by molar-refractivity contribution is 0.380. The number of piperidine rings is 1. The van der Waals surface area contributed by atoms with Crippen LogP contribution < -0.4 is 10.2 Å². The summed E-state index contributed by atoms with van der Waals surface area (Å²) in [6.07, 6.45) is 2.47. The third-order valence-corrected chi connectivity index (χ3v) is 3.19. The smallest absolute Gasteiger partial charge is 0.146 e. The molecule has 1 aliphatic heterocycles. The highest BCUT2D eigenvalue weighted by atomic mass is 19.1. The van der Waals surface area contributed by atoms with Crippen LogP contribution in [0.15, 0.2) is 24.3 Å². The van der Waals surface area contributed by atoms with Crippen molar-refractivity contribution in [2.24, 2.45) is 5.92 Å². The predicted octanol–water partition coefficient (Wildman–Crippen LogP) is 2.26. The van der Waals surface area contributed by atoms with Crippen LogP contribution in [0, 0.1) is 11.7 Å². The second-order valence-electron chi connectivity index (χ2n) is 4.54. The number of para-hydroxylation sites is 1. The number of benzene rings is 1. The molecule has 1 N–H and O–H groups in total. The van der Waals surface area contributed by atoms with Crippen molar-refractivity contribution in [1.29, 1.82) is 0 Å². The maximum atomic E-state index is 13.5. The van der Waals surface area contributed by atoms with E-state index in [9.17, 15) is 4.39 Å². The molecule has 1 fully saturated rings. The zero-order valence-corrected chi connectivity index (χ0v) is 9.75. The van der Waals surface area contributed by atoms with Gasteiger partial charge < -0.3 is 10.2 Å². The van der Waals surface area contributed by atoms with Gasteiger partial charge in [-0.3, -0.25) is 0 Å². The average molecular weight is 222 g/mol. The Morgan fingerprint density at radius 1 is 1.44 bits per heavy atom. The van der Waals surface area contributed by atoms with E-state index in [2.05, 4.69) is 5.32 Å². The van der Waals surface area contributed by atoms with Gasteiger partial charge in [-0.05, 0) is 44.0 Å². The number of nitrogens with one attached hydrogen (secondary N) is 1. The molecule has 1 heterocycles. The minimum atomic E-state index is -0.131. The van der Waals surface area contributed by atoms with Crippen molar-refractivity contribution < 1.29 is 4.39 Å². The molecule has 3 heteroatoms. The zero-order valence-electron chi connectivity index (χ0n) is 9.75. The van der Waals surface area contributed by atoms with Crippen molar-refractivity contribution in [3.63, 3.8) is 0 Å². The standard InChI is InChI=1S/C13H19FN2/c1-16(10-11-5-4-8-15-9-11)13-7-3-2-6-12(13)14/h2-3,6-7,11,15H,4-5,8-10H2,1H3. The molecular formula is C13H19FN2. The van der Waals surface area contributed by atoms with E-state index < -0.39 is 0 Å². The summed E-state index contributed by atoms with van der Waals surface area (Å²) in [7, 11) is 1.97. The minimum Gasteiger partial charge on any atom is -0.372 e. The molecular weight excluding hydrogens is 203 g/mol. The van der Waals surface area contributed by atoms with Crippen LogP contribution in [-0.2, 0) is 0 Å². The first-order chi connectivity index (χ1) is 7.77. The van der Waals surface area contributed by atoms with Crippen molar-refractivity contribution in [2.75, 3.05) is 31.6 Å². The number of hydrogen-bond acceptors (Lipinski definition) is 2. The molecule has 0 saturated carbocycles. The largest absolute Gasteiger partial charge is 0.372 e. The Labute approximate surface area is 96.5 Å². The summed E-state index contributed by atoms with van der Waals surface area (Å²) in [4.78, 5) is 2.02. The lowest BCUT2D eigenvalue weighted by Gasteiger charge is -2.29. The molecule has 88 valence electrons. The molecule has 2 rings (SSSR count). The van der Waals surface area contributed by atoms with Gasteiger partial charge in [0.25, 0.3) is 0 Å². The predicted molar refractivity (Wildman–Crippen MR) is 65.3 cm³/mol. The quantitative estimate of drug-likeness (QED) is 0.844. The first kappa shape index (κ1) is 11.4. The van der Waals surface area contributed by atoms with Crippen molar-refractivity contribution in [1.82, 2.24) is 5.32 Å². The average Bonchev–Trinajstić information content (AvgIpc) is 2.31. The molecule has 0 aromatic heterocycles. The number of halogens is 1. The van der Waals surface area contributed by atoms with Gasteiger partial charge in [0.2, 0.25) is 0 Å². The normalized spacial score (nSPS) is 20.8. The molecule has 1 aliphatic rings. The number of hydrogen-bond donors (Lipinski definition) is 1. The Morgan fingerprint density at radius 3 is 2.94 bits per heavy atom. The molecule has 0 radical (unpaired) electrons. The van der Waals surface area contributed by atoms with Gasteiger partial charge in [0.15, 0.2) is 0 Å². The van der Waals surface area contributed by atoms with Crippen LogP contribution in [0.1, 0.15) is 12.8 Å². The highest BCUT2D eigenvalue weighted by Gasteiger charge is 2.16. The van der Waals surface area contributed by atoms with Crippen LogP contribution in [0.4, 0.5) is 10.1 Å². The topological polar surface area (TPSA) is 15.3 Å². The molecule has 0 amide bonds. The Morgan fingerprint density at radius 2 is 2.25 bits per heavy atom. The first-order valence-electron chi connectivity index (χ1n) is 5.94. The maximum Gasteiger partial charge on any atom is 0.146 e. The Kier molecular flexibility index (Phi) is 3.78. The summed E-state index contributed by atoms with van der Waals surface area (Å²) in [5.74, 6) is 0.507. The van der Waals surface area contributed by atoms with E-state index in [1.807, 2.05) is 24.1 Å². The van der Waals surface area contributed by atoms with E-state index in [4.69, 9.17) is 0 Å². The lowest BCUT2D eigenvalue weighted by atomic mass is 9.99. The third kappa shape index (κ3) is 2.73. The van der Waals surface area contributed by atoms with Gasteiger partial charge in [-0.1, -0.05) is 12.1 Å². The second-order valence-corrected chi connectivity index (χ2v) is 4.54.